The van der Waals surface area contributed by atoms with Crippen molar-refractivity contribution in [2.45, 2.75) is 13.5 Å². The van der Waals surface area contributed by atoms with E-state index in [2.05, 4.69) is 5.32 Å². The zero-order valence-corrected chi connectivity index (χ0v) is 14.3. The van der Waals surface area contributed by atoms with Crippen LogP contribution in [-0.2, 0) is 6.54 Å². The van der Waals surface area contributed by atoms with Crippen LogP contribution in [0.3, 0.4) is 0 Å². The van der Waals surface area contributed by atoms with Crippen molar-refractivity contribution in [3.05, 3.63) is 100.0 Å². The van der Waals surface area contributed by atoms with Gasteiger partial charge in [-0.2, -0.15) is 0 Å². The lowest BCUT2D eigenvalue weighted by molar-refractivity contribution is 0.101. The fraction of sp³-hybridized carbons (Fsp3) is 0.0952. The van der Waals surface area contributed by atoms with Crippen molar-refractivity contribution >= 4 is 17.4 Å². The van der Waals surface area contributed by atoms with Crippen LogP contribution in [0.5, 0.6) is 0 Å². The molecular formula is C21H18N2O3. The molecule has 130 valence electrons. The van der Waals surface area contributed by atoms with Crippen LogP contribution >= 0.6 is 0 Å². The Labute approximate surface area is 150 Å². The summed E-state index contributed by atoms with van der Waals surface area (Å²) in [5.74, 6) is -0.693. The first-order valence-electron chi connectivity index (χ1n) is 8.21. The number of benzene rings is 2. The van der Waals surface area contributed by atoms with Crippen LogP contribution in [0, 0.1) is 0 Å². The van der Waals surface area contributed by atoms with Crippen LogP contribution in [0.2, 0.25) is 0 Å². The van der Waals surface area contributed by atoms with Crippen LogP contribution in [0.15, 0.2) is 77.7 Å². The Morgan fingerprint density at radius 2 is 1.54 bits per heavy atom. The van der Waals surface area contributed by atoms with Gasteiger partial charge in [-0.15, -0.1) is 0 Å². The molecule has 1 aromatic heterocycles. The molecule has 2 aromatic carbocycles. The summed E-state index contributed by atoms with van der Waals surface area (Å²) in [7, 11) is 0. The number of rotatable bonds is 5. The Kier molecular flexibility index (Phi) is 5.08. The summed E-state index contributed by atoms with van der Waals surface area (Å²) in [6, 6.07) is 19.4. The number of carbonyl (C=O) groups excluding carboxylic acids is 2. The standard InChI is InChI=1S/C21H18N2O3/c1-15(24)17-10-5-6-12-19(17)22-20(25)18-11-7-13-23(21(18)26)14-16-8-3-2-4-9-16/h2-13H,14H2,1H3,(H,22,25). The summed E-state index contributed by atoms with van der Waals surface area (Å²) < 4.78 is 1.49. The fourth-order valence-electron chi connectivity index (χ4n) is 2.70. The van der Waals surface area contributed by atoms with Crippen LogP contribution in [-0.4, -0.2) is 16.3 Å². The molecule has 1 amide bonds. The lowest BCUT2D eigenvalue weighted by atomic mass is 10.1. The highest BCUT2D eigenvalue weighted by atomic mass is 16.2. The molecule has 26 heavy (non-hydrogen) atoms. The third-order valence-corrected chi connectivity index (χ3v) is 4.02. The van der Waals surface area contributed by atoms with E-state index in [1.54, 1.807) is 36.5 Å². The van der Waals surface area contributed by atoms with Crippen LogP contribution in [0.25, 0.3) is 0 Å². The second kappa shape index (κ2) is 7.61. The lowest BCUT2D eigenvalue weighted by Crippen LogP contribution is -2.29. The zero-order chi connectivity index (χ0) is 18.5. The van der Waals surface area contributed by atoms with E-state index in [1.807, 2.05) is 30.3 Å². The molecule has 0 saturated heterocycles. The number of nitrogens with zero attached hydrogens (tertiary/aromatic N) is 1. The molecule has 3 aromatic rings. The van der Waals surface area contributed by atoms with Crippen LogP contribution in [0.4, 0.5) is 5.69 Å². The van der Waals surface area contributed by atoms with Gasteiger partial charge in [-0.25, -0.2) is 0 Å². The number of amides is 1. The predicted octanol–water partition coefficient (Wildman–Crippen LogP) is 3.35. The molecular weight excluding hydrogens is 328 g/mol. The second-order valence-electron chi connectivity index (χ2n) is 5.90. The molecule has 0 aliphatic rings. The summed E-state index contributed by atoms with van der Waals surface area (Å²) in [4.78, 5) is 36.9. The number of nitrogens with one attached hydrogen (secondary N) is 1. The average molecular weight is 346 g/mol. The number of aromatic nitrogens is 1. The Morgan fingerprint density at radius 3 is 2.27 bits per heavy atom. The summed E-state index contributed by atoms with van der Waals surface area (Å²) >= 11 is 0. The molecule has 1 N–H and O–H groups in total. The Bertz CT molecular complexity index is 1010. The third-order valence-electron chi connectivity index (χ3n) is 4.02. The van der Waals surface area contributed by atoms with E-state index in [-0.39, 0.29) is 16.9 Å². The monoisotopic (exact) mass is 346 g/mol. The molecule has 5 heteroatoms. The van der Waals surface area contributed by atoms with Crippen molar-refractivity contribution in [3.63, 3.8) is 0 Å². The molecule has 0 aliphatic heterocycles. The molecule has 0 unspecified atom stereocenters. The van der Waals surface area contributed by atoms with Crippen LogP contribution < -0.4 is 10.9 Å². The Hall–Kier alpha value is -3.47. The first-order chi connectivity index (χ1) is 12.6. The van der Waals surface area contributed by atoms with E-state index < -0.39 is 5.91 Å². The number of carbonyl (C=O) groups is 2. The van der Waals surface area contributed by atoms with E-state index in [9.17, 15) is 14.4 Å². The maximum atomic E-state index is 12.7. The fourth-order valence-corrected chi connectivity index (χ4v) is 2.70. The number of anilines is 1. The van der Waals surface area contributed by atoms with Crippen molar-refractivity contribution in [2.75, 3.05) is 5.32 Å². The first-order valence-corrected chi connectivity index (χ1v) is 8.21. The topological polar surface area (TPSA) is 68.2 Å². The smallest absolute Gasteiger partial charge is 0.263 e. The predicted molar refractivity (Wildman–Crippen MR) is 101 cm³/mol. The van der Waals surface area contributed by atoms with Crippen molar-refractivity contribution in [2.24, 2.45) is 0 Å². The van der Waals surface area contributed by atoms with Gasteiger partial charge in [0.25, 0.3) is 11.5 Å². The minimum Gasteiger partial charge on any atom is -0.321 e. The van der Waals surface area contributed by atoms with Crippen LogP contribution in [0.1, 0.15) is 33.2 Å². The van der Waals surface area contributed by atoms with Gasteiger partial charge in [-0.1, -0.05) is 42.5 Å². The van der Waals surface area contributed by atoms with Gasteiger partial charge >= 0.3 is 0 Å². The van der Waals surface area contributed by atoms with Gasteiger partial charge in [-0.3, -0.25) is 14.4 Å². The second-order valence-corrected chi connectivity index (χ2v) is 5.90. The van der Waals surface area contributed by atoms with Gasteiger partial charge in [0.2, 0.25) is 0 Å². The number of hydrogen-bond donors (Lipinski definition) is 1. The SMILES string of the molecule is CC(=O)c1ccccc1NC(=O)c1cccn(Cc2ccccc2)c1=O. The summed E-state index contributed by atoms with van der Waals surface area (Å²) in [6.07, 6.45) is 1.65. The number of ketones is 1. The highest BCUT2D eigenvalue weighted by Crippen LogP contribution is 2.16. The summed E-state index contributed by atoms with van der Waals surface area (Å²) in [5.41, 5.74) is 1.41. The molecule has 0 radical (unpaired) electrons. The molecule has 1 heterocycles. The highest BCUT2D eigenvalue weighted by molar-refractivity contribution is 6.08. The van der Waals surface area contributed by atoms with E-state index in [0.717, 1.165) is 5.56 Å². The number of Topliss-reactive ketones (excluding diaryl/α,β-unsaturated/α-hetero) is 1. The summed E-state index contributed by atoms with van der Waals surface area (Å²) in [6.45, 7) is 1.81. The first kappa shape index (κ1) is 17.4. The normalized spacial score (nSPS) is 10.3. The maximum Gasteiger partial charge on any atom is 0.263 e. The Balaban J connectivity index is 1.88. The largest absolute Gasteiger partial charge is 0.321 e. The van der Waals surface area contributed by atoms with Gasteiger partial charge in [-0.05, 0) is 36.8 Å². The molecule has 0 atom stereocenters. The maximum absolute atomic E-state index is 12.7. The van der Waals surface area contributed by atoms with E-state index in [1.165, 1.54) is 17.6 Å². The quantitative estimate of drug-likeness (QED) is 0.720. The summed E-state index contributed by atoms with van der Waals surface area (Å²) in [5, 5.41) is 2.67. The lowest BCUT2D eigenvalue weighted by Gasteiger charge is -2.11. The van der Waals surface area contributed by atoms with Crippen molar-refractivity contribution in [1.29, 1.82) is 0 Å². The van der Waals surface area contributed by atoms with Crippen molar-refractivity contribution < 1.29 is 9.59 Å². The average Bonchev–Trinajstić information content (AvgIpc) is 2.64. The van der Waals surface area contributed by atoms with E-state index in [4.69, 9.17) is 0 Å². The molecule has 0 fully saturated rings. The van der Waals surface area contributed by atoms with Crippen molar-refractivity contribution in [1.82, 2.24) is 4.57 Å². The van der Waals surface area contributed by atoms with E-state index >= 15 is 0 Å². The minimum atomic E-state index is -0.536. The van der Waals surface area contributed by atoms with Gasteiger partial charge in [0.05, 0.1) is 12.2 Å². The number of hydrogen-bond acceptors (Lipinski definition) is 3. The van der Waals surface area contributed by atoms with Gasteiger partial charge in [0.15, 0.2) is 5.78 Å². The highest BCUT2D eigenvalue weighted by Gasteiger charge is 2.15. The Morgan fingerprint density at radius 1 is 0.885 bits per heavy atom. The zero-order valence-electron chi connectivity index (χ0n) is 14.3. The van der Waals surface area contributed by atoms with E-state index in [0.29, 0.717) is 17.8 Å². The molecule has 3 rings (SSSR count). The van der Waals surface area contributed by atoms with Gasteiger partial charge < -0.3 is 9.88 Å². The third kappa shape index (κ3) is 3.78. The molecule has 0 aliphatic carbocycles. The van der Waals surface area contributed by atoms with Gasteiger partial charge in [0.1, 0.15) is 5.56 Å². The molecule has 0 saturated carbocycles. The van der Waals surface area contributed by atoms with Gasteiger partial charge in [0, 0.05) is 11.8 Å². The molecule has 0 spiro atoms. The number of pyridine rings is 1. The van der Waals surface area contributed by atoms with Crippen molar-refractivity contribution in [3.8, 4) is 0 Å². The number of para-hydroxylation sites is 1. The molecule has 0 bridgehead atoms. The molecule has 5 nitrogen and oxygen atoms in total. The minimum absolute atomic E-state index is 0.0294.